The van der Waals surface area contributed by atoms with Gasteiger partial charge in [-0.05, 0) is 41.5 Å². The van der Waals surface area contributed by atoms with E-state index in [1.54, 1.807) is 36.4 Å². The lowest BCUT2D eigenvalue weighted by molar-refractivity contribution is 0.249. The van der Waals surface area contributed by atoms with Crippen LogP contribution >= 0.6 is 23.2 Å². The molecule has 0 spiro atoms. The number of nitrogens with zero attached hydrogens (tertiary/aromatic N) is 1. The fourth-order valence-electron chi connectivity index (χ4n) is 1.72. The molecule has 0 saturated heterocycles. The molecule has 0 saturated carbocycles. The molecule has 0 aliphatic carbocycles. The van der Waals surface area contributed by atoms with Crippen LogP contribution in [0.2, 0.25) is 10.0 Å². The number of aromatic hydroxyl groups is 1. The van der Waals surface area contributed by atoms with Crippen molar-refractivity contribution in [1.82, 2.24) is 5.43 Å². The number of hydrogen-bond donors (Lipinski definition) is 3. The molecule has 2 amide bonds. The molecular formula is C14H11Cl2N3O2. The van der Waals surface area contributed by atoms with Crippen LogP contribution < -0.4 is 11.2 Å². The van der Waals surface area contributed by atoms with Gasteiger partial charge in [0.1, 0.15) is 5.75 Å². The highest BCUT2D eigenvalue weighted by Gasteiger charge is 2.05. The molecule has 4 N–H and O–H groups in total. The summed E-state index contributed by atoms with van der Waals surface area (Å²) >= 11 is 11.9. The summed E-state index contributed by atoms with van der Waals surface area (Å²) in [6.07, 6.45) is 1.29. The zero-order chi connectivity index (χ0) is 15.4. The van der Waals surface area contributed by atoms with Gasteiger partial charge in [-0.1, -0.05) is 29.3 Å². The molecule has 0 radical (unpaired) electrons. The lowest BCUT2D eigenvalue weighted by atomic mass is 10.0. The van der Waals surface area contributed by atoms with Crippen molar-refractivity contribution in [2.45, 2.75) is 0 Å². The van der Waals surface area contributed by atoms with Crippen LogP contribution in [0.25, 0.3) is 11.1 Å². The second-order valence-electron chi connectivity index (χ2n) is 4.17. The predicted molar refractivity (Wildman–Crippen MR) is 83.9 cm³/mol. The van der Waals surface area contributed by atoms with Crippen molar-refractivity contribution in [2.75, 3.05) is 0 Å². The van der Waals surface area contributed by atoms with E-state index in [9.17, 15) is 9.90 Å². The SMILES string of the molecule is NC(=O)NN=Cc1ccc(-c2cc(Cl)cc(Cl)c2)cc1O. The van der Waals surface area contributed by atoms with E-state index in [1.165, 1.54) is 6.21 Å². The van der Waals surface area contributed by atoms with E-state index in [0.29, 0.717) is 15.6 Å². The quantitative estimate of drug-likeness (QED) is 0.597. The molecule has 2 aromatic carbocycles. The van der Waals surface area contributed by atoms with E-state index in [1.807, 2.05) is 5.43 Å². The lowest BCUT2D eigenvalue weighted by Crippen LogP contribution is -2.24. The summed E-state index contributed by atoms with van der Waals surface area (Å²) in [6, 6.07) is 9.29. The number of primary amides is 1. The zero-order valence-electron chi connectivity index (χ0n) is 10.7. The minimum absolute atomic E-state index is 0.00128. The second kappa shape index (κ2) is 6.47. The first kappa shape index (κ1) is 15.2. The number of rotatable bonds is 3. The molecule has 2 rings (SSSR count). The molecule has 21 heavy (non-hydrogen) atoms. The minimum atomic E-state index is -0.782. The van der Waals surface area contributed by atoms with Gasteiger partial charge in [0.2, 0.25) is 0 Å². The van der Waals surface area contributed by atoms with Crippen molar-refractivity contribution < 1.29 is 9.90 Å². The standard InChI is InChI=1S/C14H11Cl2N3O2/c15-11-3-10(4-12(16)6-11)8-1-2-9(13(20)5-8)7-18-19-14(17)21/h1-7,20H,(H3,17,19,21). The summed E-state index contributed by atoms with van der Waals surface area (Å²) in [5.74, 6) is -0.00128. The third-order valence-corrected chi connectivity index (χ3v) is 3.04. The third-order valence-electron chi connectivity index (χ3n) is 2.60. The fourth-order valence-corrected chi connectivity index (χ4v) is 2.24. The molecule has 0 bridgehead atoms. The van der Waals surface area contributed by atoms with Gasteiger partial charge in [-0.2, -0.15) is 5.10 Å². The molecule has 0 unspecified atom stereocenters. The lowest BCUT2D eigenvalue weighted by Gasteiger charge is -2.06. The van der Waals surface area contributed by atoms with Gasteiger partial charge in [0, 0.05) is 15.6 Å². The van der Waals surface area contributed by atoms with Crippen LogP contribution in [0, 0.1) is 0 Å². The van der Waals surface area contributed by atoms with Gasteiger partial charge in [-0.15, -0.1) is 0 Å². The van der Waals surface area contributed by atoms with Crippen molar-refractivity contribution in [3.8, 4) is 16.9 Å². The Bertz CT molecular complexity index is 697. The molecule has 0 aromatic heterocycles. The molecular weight excluding hydrogens is 313 g/mol. The molecule has 108 valence electrons. The zero-order valence-corrected chi connectivity index (χ0v) is 12.2. The van der Waals surface area contributed by atoms with Gasteiger partial charge in [-0.3, -0.25) is 0 Å². The van der Waals surface area contributed by atoms with Gasteiger partial charge in [0.05, 0.1) is 6.21 Å². The average Bonchev–Trinajstić information content (AvgIpc) is 2.39. The number of nitrogens with one attached hydrogen (secondary N) is 1. The Balaban J connectivity index is 2.30. The monoisotopic (exact) mass is 323 g/mol. The van der Waals surface area contributed by atoms with E-state index < -0.39 is 6.03 Å². The minimum Gasteiger partial charge on any atom is -0.507 e. The summed E-state index contributed by atoms with van der Waals surface area (Å²) in [7, 11) is 0. The summed E-state index contributed by atoms with van der Waals surface area (Å²) < 4.78 is 0. The van der Waals surface area contributed by atoms with Crippen LogP contribution in [0.3, 0.4) is 0 Å². The van der Waals surface area contributed by atoms with Crippen molar-refractivity contribution in [1.29, 1.82) is 0 Å². The van der Waals surface area contributed by atoms with Gasteiger partial charge < -0.3 is 10.8 Å². The summed E-state index contributed by atoms with van der Waals surface area (Å²) in [6.45, 7) is 0. The van der Waals surface area contributed by atoms with E-state index in [4.69, 9.17) is 28.9 Å². The molecule has 2 aromatic rings. The molecule has 5 nitrogen and oxygen atoms in total. The molecule has 0 aliphatic heterocycles. The molecule has 0 aliphatic rings. The van der Waals surface area contributed by atoms with Crippen molar-refractivity contribution in [3.63, 3.8) is 0 Å². The maximum Gasteiger partial charge on any atom is 0.332 e. The molecule has 0 fully saturated rings. The Hall–Kier alpha value is -2.24. The number of hydrazone groups is 1. The highest BCUT2D eigenvalue weighted by Crippen LogP contribution is 2.30. The van der Waals surface area contributed by atoms with Gasteiger partial charge in [0.25, 0.3) is 0 Å². The Morgan fingerprint density at radius 3 is 2.38 bits per heavy atom. The smallest absolute Gasteiger partial charge is 0.332 e. The summed E-state index contributed by atoms with van der Waals surface area (Å²) in [5.41, 5.74) is 8.87. The highest BCUT2D eigenvalue weighted by atomic mass is 35.5. The first-order valence-corrected chi connectivity index (χ1v) is 6.59. The number of halogens is 2. The van der Waals surface area contributed by atoms with E-state index in [2.05, 4.69) is 5.10 Å². The predicted octanol–water partition coefficient (Wildman–Crippen LogP) is 3.37. The van der Waals surface area contributed by atoms with Gasteiger partial charge >= 0.3 is 6.03 Å². The number of phenols is 1. The molecule has 0 heterocycles. The van der Waals surface area contributed by atoms with Crippen molar-refractivity contribution in [3.05, 3.63) is 52.0 Å². The number of amides is 2. The van der Waals surface area contributed by atoms with E-state index in [0.717, 1.165) is 11.1 Å². The first-order chi connectivity index (χ1) is 9.95. The van der Waals surface area contributed by atoms with Crippen LogP contribution in [0.1, 0.15) is 5.56 Å². The molecule has 0 atom stereocenters. The number of nitrogens with two attached hydrogens (primary N) is 1. The van der Waals surface area contributed by atoms with Crippen LogP contribution in [-0.4, -0.2) is 17.4 Å². The van der Waals surface area contributed by atoms with E-state index >= 15 is 0 Å². The van der Waals surface area contributed by atoms with Crippen LogP contribution in [-0.2, 0) is 0 Å². The Labute approximate surface area is 131 Å². The van der Waals surface area contributed by atoms with Crippen LogP contribution in [0.15, 0.2) is 41.5 Å². The number of urea groups is 1. The highest BCUT2D eigenvalue weighted by molar-refractivity contribution is 6.35. The Morgan fingerprint density at radius 1 is 1.14 bits per heavy atom. The second-order valence-corrected chi connectivity index (χ2v) is 5.04. The van der Waals surface area contributed by atoms with Gasteiger partial charge in [0.15, 0.2) is 0 Å². The van der Waals surface area contributed by atoms with Crippen LogP contribution in [0.5, 0.6) is 5.75 Å². The van der Waals surface area contributed by atoms with Gasteiger partial charge in [-0.25, -0.2) is 10.2 Å². The maximum atomic E-state index is 10.5. The fraction of sp³-hybridized carbons (Fsp3) is 0. The van der Waals surface area contributed by atoms with Crippen LogP contribution in [0.4, 0.5) is 4.79 Å². The summed E-state index contributed by atoms with van der Waals surface area (Å²) in [4.78, 5) is 10.5. The van der Waals surface area contributed by atoms with Crippen molar-refractivity contribution in [2.24, 2.45) is 10.8 Å². The number of carbonyl (C=O) groups excluding carboxylic acids is 1. The van der Waals surface area contributed by atoms with Crippen molar-refractivity contribution >= 4 is 35.4 Å². The first-order valence-electron chi connectivity index (χ1n) is 5.83. The number of hydrogen-bond acceptors (Lipinski definition) is 3. The average molecular weight is 324 g/mol. The number of benzene rings is 2. The molecule has 7 heteroatoms. The largest absolute Gasteiger partial charge is 0.507 e. The maximum absolute atomic E-state index is 10.5. The third kappa shape index (κ3) is 4.11. The number of carbonyl (C=O) groups is 1. The normalized spacial score (nSPS) is 10.8. The Kier molecular flexibility index (Phi) is 4.67. The topological polar surface area (TPSA) is 87.7 Å². The Morgan fingerprint density at radius 2 is 1.81 bits per heavy atom. The number of phenolic OH excluding ortho intramolecular Hbond substituents is 1. The van der Waals surface area contributed by atoms with E-state index in [-0.39, 0.29) is 5.75 Å². The summed E-state index contributed by atoms with van der Waals surface area (Å²) in [5, 5.41) is 14.6.